The number of fused-ring (bicyclic) bond motifs is 2. The van der Waals surface area contributed by atoms with Gasteiger partial charge in [0.2, 0.25) is 0 Å². The van der Waals surface area contributed by atoms with Gasteiger partial charge < -0.3 is 18.9 Å². The Balaban J connectivity index is 1.30. The Labute approximate surface area is 226 Å². The molecule has 1 aromatic carbocycles. The lowest BCUT2D eigenvalue weighted by atomic mass is 9.73. The molecular formula is C25H21Cl2N5O6. The van der Waals surface area contributed by atoms with Gasteiger partial charge in [0, 0.05) is 38.1 Å². The van der Waals surface area contributed by atoms with Crippen LogP contribution in [0.1, 0.15) is 32.9 Å². The smallest absolute Gasteiger partial charge is 0.303 e. The van der Waals surface area contributed by atoms with E-state index in [-0.39, 0.29) is 11.3 Å². The molecule has 1 saturated heterocycles. The van der Waals surface area contributed by atoms with Crippen LogP contribution in [0.4, 0.5) is 0 Å². The van der Waals surface area contributed by atoms with Crippen LogP contribution in [-0.2, 0) is 23.8 Å². The van der Waals surface area contributed by atoms with Crippen molar-refractivity contribution in [2.45, 2.75) is 56.8 Å². The standard InChI is InChI=1S/C25H21Cl2N5O6/c1-12(33)35-20-21(36-13(2)34)25(38-24(20)32-11-30-19-22(27)28-10-29-23(19)32)8-16(9-25)37-15-5-3-14-4-6-18(26)31-17(14)7-15/h3-7,10-11,16,20-21,24H,8-9H2,1-2H3/t16?,20-,21+,24-,25?/m1/s1. The Morgan fingerprint density at radius 3 is 2.58 bits per heavy atom. The van der Waals surface area contributed by atoms with E-state index in [0.717, 1.165) is 5.39 Å². The number of rotatable bonds is 5. The minimum atomic E-state index is -0.965. The summed E-state index contributed by atoms with van der Waals surface area (Å²) in [5.41, 5.74) is 0.499. The number of carbonyl (C=O) groups is 2. The number of esters is 2. The predicted molar refractivity (Wildman–Crippen MR) is 135 cm³/mol. The summed E-state index contributed by atoms with van der Waals surface area (Å²) in [5.74, 6) is -0.461. The maximum Gasteiger partial charge on any atom is 0.303 e. The molecule has 3 aromatic heterocycles. The number of hydrogen-bond acceptors (Lipinski definition) is 10. The number of carbonyl (C=O) groups excluding carboxylic acids is 2. The van der Waals surface area contributed by atoms with Gasteiger partial charge in [-0.05, 0) is 24.3 Å². The first-order chi connectivity index (χ1) is 18.2. The Hall–Kier alpha value is -3.54. The van der Waals surface area contributed by atoms with Crippen LogP contribution in [0.15, 0.2) is 43.0 Å². The van der Waals surface area contributed by atoms with Gasteiger partial charge in [0.1, 0.15) is 34.5 Å². The molecule has 11 nitrogen and oxygen atoms in total. The van der Waals surface area contributed by atoms with Crippen LogP contribution >= 0.6 is 23.2 Å². The maximum absolute atomic E-state index is 12.1. The molecule has 1 spiro atoms. The van der Waals surface area contributed by atoms with Crippen LogP contribution in [0.25, 0.3) is 22.1 Å². The van der Waals surface area contributed by atoms with E-state index in [0.29, 0.717) is 40.4 Å². The van der Waals surface area contributed by atoms with E-state index in [2.05, 4.69) is 19.9 Å². The molecule has 1 aliphatic carbocycles. The van der Waals surface area contributed by atoms with E-state index in [1.54, 1.807) is 10.6 Å². The SMILES string of the molecule is CC(=O)O[C@H]1[C@H](n2cnc3c(Cl)ncnc32)OC2(CC(Oc3ccc4ccc(Cl)nc4c3)C2)[C@H]1OC(C)=O. The first-order valence-corrected chi connectivity index (χ1v) is 12.6. The van der Waals surface area contributed by atoms with Crippen molar-refractivity contribution in [3.05, 3.63) is 53.3 Å². The van der Waals surface area contributed by atoms with Crippen LogP contribution in [0, 0.1) is 0 Å². The van der Waals surface area contributed by atoms with Crippen LogP contribution in [0.2, 0.25) is 10.3 Å². The third kappa shape index (κ3) is 4.30. The average molecular weight is 558 g/mol. The normalized spacial score (nSPS) is 26.4. The lowest BCUT2D eigenvalue weighted by molar-refractivity contribution is -0.197. The second kappa shape index (κ2) is 9.33. The largest absolute Gasteiger partial charge is 0.490 e. The van der Waals surface area contributed by atoms with E-state index in [4.69, 9.17) is 42.1 Å². The van der Waals surface area contributed by atoms with Crippen molar-refractivity contribution in [2.75, 3.05) is 0 Å². The number of aromatic nitrogens is 5. The number of pyridine rings is 1. The van der Waals surface area contributed by atoms with Crippen molar-refractivity contribution in [3.8, 4) is 5.75 Å². The van der Waals surface area contributed by atoms with Gasteiger partial charge in [-0.1, -0.05) is 23.2 Å². The molecule has 6 rings (SSSR count). The molecule has 0 unspecified atom stereocenters. The average Bonchev–Trinajstić information content (AvgIpc) is 3.39. The molecule has 196 valence electrons. The van der Waals surface area contributed by atoms with E-state index in [1.165, 1.54) is 26.5 Å². The zero-order chi connectivity index (χ0) is 26.6. The number of nitrogens with zero attached hydrogens (tertiary/aromatic N) is 5. The van der Waals surface area contributed by atoms with Crippen LogP contribution in [0.3, 0.4) is 0 Å². The highest BCUT2D eigenvalue weighted by molar-refractivity contribution is 6.33. The molecule has 0 bridgehead atoms. The number of hydrogen-bond donors (Lipinski definition) is 0. The predicted octanol–water partition coefficient (Wildman–Crippen LogP) is 4.05. The summed E-state index contributed by atoms with van der Waals surface area (Å²) in [6.07, 6.45) is 0.555. The van der Waals surface area contributed by atoms with Crippen molar-refractivity contribution in [2.24, 2.45) is 0 Å². The fraction of sp³-hybridized carbons (Fsp3) is 0.360. The van der Waals surface area contributed by atoms with Crippen molar-refractivity contribution < 1.29 is 28.5 Å². The molecule has 1 aliphatic heterocycles. The topological polar surface area (TPSA) is 128 Å². The maximum atomic E-state index is 12.1. The van der Waals surface area contributed by atoms with Gasteiger partial charge in [0.15, 0.2) is 29.2 Å². The molecule has 0 amide bonds. The summed E-state index contributed by atoms with van der Waals surface area (Å²) in [7, 11) is 0. The zero-order valence-electron chi connectivity index (χ0n) is 20.2. The van der Waals surface area contributed by atoms with Crippen LogP contribution < -0.4 is 4.74 Å². The monoisotopic (exact) mass is 557 g/mol. The van der Waals surface area contributed by atoms with Gasteiger partial charge in [0.25, 0.3) is 0 Å². The Morgan fingerprint density at radius 2 is 1.82 bits per heavy atom. The van der Waals surface area contributed by atoms with Gasteiger partial charge >= 0.3 is 11.9 Å². The first kappa shape index (κ1) is 24.8. The fourth-order valence-corrected chi connectivity index (χ4v) is 5.50. The van der Waals surface area contributed by atoms with Gasteiger partial charge in [-0.25, -0.2) is 19.9 Å². The first-order valence-electron chi connectivity index (χ1n) is 11.8. The quantitative estimate of drug-likeness (QED) is 0.201. The summed E-state index contributed by atoms with van der Waals surface area (Å²) < 4.78 is 25.7. The molecule has 2 aliphatic rings. The Bertz CT molecular complexity index is 1570. The number of halogens is 2. The van der Waals surface area contributed by atoms with Crippen molar-refractivity contribution in [3.63, 3.8) is 0 Å². The third-order valence-electron chi connectivity index (χ3n) is 6.72. The van der Waals surface area contributed by atoms with Crippen molar-refractivity contribution in [1.82, 2.24) is 24.5 Å². The van der Waals surface area contributed by atoms with E-state index >= 15 is 0 Å². The fourth-order valence-electron chi connectivity index (χ4n) is 5.17. The molecule has 0 radical (unpaired) electrons. The summed E-state index contributed by atoms with van der Waals surface area (Å²) in [6.45, 7) is 2.58. The molecule has 4 heterocycles. The number of imidazole rings is 1. The van der Waals surface area contributed by atoms with Gasteiger partial charge in [-0.2, -0.15) is 0 Å². The molecule has 13 heteroatoms. The van der Waals surface area contributed by atoms with Crippen molar-refractivity contribution >= 4 is 57.2 Å². The van der Waals surface area contributed by atoms with E-state index < -0.39 is 36.0 Å². The van der Waals surface area contributed by atoms with Crippen LogP contribution in [0.5, 0.6) is 5.75 Å². The summed E-state index contributed by atoms with van der Waals surface area (Å²) >= 11 is 12.2. The number of benzene rings is 1. The molecule has 3 atom stereocenters. The highest BCUT2D eigenvalue weighted by Gasteiger charge is 2.66. The summed E-state index contributed by atoms with van der Waals surface area (Å²) in [6, 6.07) is 9.19. The Kier molecular flexibility index (Phi) is 6.09. The zero-order valence-corrected chi connectivity index (χ0v) is 21.7. The molecule has 2 fully saturated rings. The lowest BCUT2D eigenvalue weighted by Gasteiger charge is -2.46. The summed E-state index contributed by atoms with van der Waals surface area (Å²) in [4.78, 5) is 41.1. The molecule has 1 saturated carbocycles. The molecular weight excluding hydrogens is 537 g/mol. The van der Waals surface area contributed by atoms with Gasteiger partial charge in [0.05, 0.1) is 11.8 Å². The minimum Gasteiger partial charge on any atom is -0.490 e. The lowest BCUT2D eigenvalue weighted by Crippen LogP contribution is -2.58. The highest BCUT2D eigenvalue weighted by atomic mass is 35.5. The minimum absolute atomic E-state index is 0.172. The second-order valence-corrected chi connectivity index (χ2v) is 10.0. The Morgan fingerprint density at radius 1 is 1.05 bits per heavy atom. The van der Waals surface area contributed by atoms with Crippen LogP contribution in [-0.4, -0.2) is 60.4 Å². The molecule has 0 N–H and O–H groups in total. The molecule has 38 heavy (non-hydrogen) atoms. The second-order valence-electron chi connectivity index (χ2n) is 9.30. The van der Waals surface area contributed by atoms with Gasteiger partial charge in [-0.3, -0.25) is 14.2 Å². The van der Waals surface area contributed by atoms with Gasteiger partial charge in [-0.15, -0.1) is 0 Å². The third-order valence-corrected chi connectivity index (χ3v) is 7.20. The van der Waals surface area contributed by atoms with Crippen molar-refractivity contribution in [1.29, 1.82) is 0 Å². The molecule has 4 aromatic rings. The number of ether oxygens (including phenoxy) is 4. The van der Waals surface area contributed by atoms with E-state index in [9.17, 15) is 9.59 Å². The van der Waals surface area contributed by atoms with E-state index in [1.807, 2.05) is 24.3 Å². The highest BCUT2D eigenvalue weighted by Crippen LogP contribution is 2.53. The summed E-state index contributed by atoms with van der Waals surface area (Å²) in [5, 5.41) is 1.50.